The molecule has 0 spiro atoms. The molecule has 0 radical (unpaired) electrons. The first-order valence-corrected chi connectivity index (χ1v) is 34.7. The maximum atomic E-state index is 14.5. The summed E-state index contributed by atoms with van der Waals surface area (Å²) in [6, 6.07) is -4.80. The molecule has 108 heavy (non-hydrogen) atoms. The number of hydrogen-bond donors (Lipinski definition) is 12. The number of aromatic nitrogens is 15. The molecular formula is C72H93F3N18O12S3. The summed E-state index contributed by atoms with van der Waals surface area (Å²) in [6.07, 6.45) is -57.8. The summed E-state index contributed by atoms with van der Waals surface area (Å²) < 4.78 is 384. The van der Waals surface area contributed by atoms with Crippen molar-refractivity contribution in [2.24, 2.45) is 0 Å². The first kappa shape index (κ1) is 43.6. The minimum absolute atomic E-state index is 0.00107. The molecule has 30 nitrogen and oxygen atoms in total. The van der Waals surface area contributed by atoms with E-state index >= 15 is 0 Å². The van der Waals surface area contributed by atoms with E-state index in [1.165, 1.54) is 55.9 Å². The molecule has 6 aliphatic rings. The van der Waals surface area contributed by atoms with Gasteiger partial charge in [0.15, 0.2) is 66.4 Å². The third-order valence-corrected chi connectivity index (χ3v) is 18.4. The fraction of sp³-hybridized carbons (Fsp3) is 0.583. The summed E-state index contributed by atoms with van der Waals surface area (Å²) in [5.41, 5.74) is -8.12. The minimum Gasteiger partial charge on any atom is -0.394 e. The van der Waals surface area contributed by atoms with Crippen LogP contribution in [0, 0.1) is 38.2 Å². The molecule has 6 aliphatic carbocycles. The van der Waals surface area contributed by atoms with Crippen molar-refractivity contribution in [3.8, 4) is 0 Å². The number of nitrogens with zero attached hydrogens (tertiary/aromatic N) is 15. The molecular weight excluding hydrogens is 1460 g/mol. The number of hydrogen-bond acceptors (Lipinski definition) is 30. The Morgan fingerprint density at radius 2 is 0.907 bits per heavy atom. The summed E-state index contributed by atoms with van der Waals surface area (Å²) in [4.78, 5) is 24.9. The largest absolute Gasteiger partial charge is 0.394 e. The van der Waals surface area contributed by atoms with Crippen molar-refractivity contribution in [2.75, 3.05) is 72.6 Å². The predicted octanol–water partition coefficient (Wildman–Crippen LogP) is 6.55. The molecule has 12 N–H and O–H groups in total. The van der Waals surface area contributed by atoms with Crippen LogP contribution < -0.4 is 16.0 Å². The number of aryl methyl sites for hydroxylation is 3. The summed E-state index contributed by atoms with van der Waals surface area (Å²) in [7, 11) is 0. The highest BCUT2D eigenvalue weighted by molar-refractivity contribution is 7.99. The van der Waals surface area contributed by atoms with Gasteiger partial charge in [0, 0.05) is 98.1 Å². The van der Waals surface area contributed by atoms with Crippen LogP contribution in [0.4, 0.5) is 30.6 Å². The summed E-state index contributed by atoms with van der Waals surface area (Å²) >= 11 is 1.20. The lowest BCUT2D eigenvalue weighted by Gasteiger charge is -2.17. The highest BCUT2D eigenvalue weighted by Gasteiger charge is 2.49. The van der Waals surface area contributed by atoms with Gasteiger partial charge in [-0.3, -0.25) is 0 Å². The Hall–Kier alpha value is -7.14. The Morgan fingerprint density at radius 3 is 1.31 bits per heavy atom. The Labute approximate surface area is 688 Å². The van der Waals surface area contributed by atoms with E-state index in [4.69, 9.17) is 58.2 Å². The van der Waals surface area contributed by atoms with Crippen LogP contribution in [0.25, 0.3) is 33.5 Å². The van der Waals surface area contributed by atoms with Gasteiger partial charge >= 0.3 is 0 Å². The van der Waals surface area contributed by atoms with E-state index < -0.39 is 266 Å². The van der Waals surface area contributed by atoms with Crippen LogP contribution in [-0.4, -0.2) is 250 Å². The monoisotopic (exact) mass is 1590 g/mol. The lowest BCUT2D eigenvalue weighted by atomic mass is 10.1. The summed E-state index contributed by atoms with van der Waals surface area (Å²) in [5, 5.41) is 124. The average molecular weight is 1600 g/mol. The van der Waals surface area contributed by atoms with Crippen molar-refractivity contribution < 1.29 is 127 Å². The fourth-order valence-electron chi connectivity index (χ4n) is 10.4. The SMILES string of the molecule is [2H]C([2H])(C)C([2H])([2H])Sc1nc(N[C@@]2([2H])[C@H](c3ccc(C)c(F)c3)C2([2H])[2H])c2nnn([C@]3([2H])C([2H])([2H])[C@]([2H])(OC([2H])([2H])C([2H])([2H])O)[C@@]([2H])(O)[C@@]3([2H])O)c2n1.[2H]C([2H])(CO)O[C@@]1([2H])C([2H])([2H])[C@@]([2H])(n2nnc3c(N[C@@]4([2H])[C@H](c5ccc(C)c(F)c5)C4([2H])[2H])nc(SC([2H])([2H])C([2H])([2H])C)nc32)[C@]([2H])(O)[C@]1([2H])O.[2H]C1([2H])[C@]([2H])(OCCO)[C@@]([2H])(O)[C@@]([2H])(O)[C@]1([2H])n1nnc2c(N[C@@H]3C[C@@]3([2H])c3ccc(C)c(F)c3)nc(SCCC)nc21. The molecule has 9 aromatic rings. The van der Waals surface area contributed by atoms with E-state index in [0.29, 0.717) is 21.6 Å². The first-order valence-electron chi connectivity index (χ1n) is 51.6. The van der Waals surface area contributed by atoms with Gasteiger partial charge in [-0.1, -0.05) is 108 Å². The van der Waals surface area contributed by atoms with Gasteiger partial charge < -0.3 is 76.1 Å². The van der Waals surface area contributed by atoms with Crippen LogP contribution in [0.1, 0.15) is 201 Å². The van der Waals surface area contributed by atoms with E-state index in [0.717, 1.165) is 32.4 Å². The van der Waals surface area contributed by atoms with Gasteiger partial charge in [0.25, 0.3) is 0 Å². The third kappa shape index (κ3) is 17.5. The van der Waals surface area contributed by atoms with Gasteiger partial charge in [0.2, 0.25) is 0 Å². The smallest absolute Gasteiger partial charge is 0.191 e. The second-order valence-electron chi connectivity index (χ2n) is 23.3. The maximum absolute atomic E-state index is 14.5. The molecule has 6 fully saturated rings. The van der Waals surface area contributed by atoms with Crippen LogP contribution >= 0.6 is 35.3 Å². The highest BCUT2D eigenvalue weighted by atomic mass is 32.2. The number of aliphatic hydroxyl groups excluding tert-OH is 2. The number of aliphatic hydroxyl groups is 9. The Balaban J connectivity index is 0.000000185. The molecule has 6 saturated carbocycles. The zero-order valence-corrected chi connectivity index (χ0v) is 59.4. The van der Waals surface area contributed by atoms with Crippen molar-refractivity contribution in [1.82, 2.24) is 74.9 Å². The van der Waals surface area contributed by atoms with Gasteiger partial charge in [-0.15, -0.1) is 15.3 Å². The lowest BCUT2D eigenvalue weighted by molar-refractivity contribution is -0.0629. The Bertz CT molecular complexity index is 6670. The van der Waals surface area contributed by atoms with E-state index in [-0.39, 0.29) is 83.7 Å². The van der Waals surface area contributed by atoms with Crippen LogP contribution in [0.5, 0.6) is 0 Å². The molecule has 6 aromatic heterocycles. The van der Waals surface area contributed by atoms with Gasteiger partial charge in [-0.05, 0) is 111 Å². The minimum atomic E-state index is -4.45. The van der Waals surface area contributed by atoms with E-state index in [1.54, 1.807) is 19.1 Å². The van der Waals surface area contributed by atoms with Crippen molar-refractivity contribution in [3.63, 3.8) is 0 Å². The van der Waals surface area contributed by atoms with E-state index in [9.17, 15) is 59.1 Å². The third-order valence-electron chi connectivity index (χ3n) is 16.0. The topological polar surface area (TPSA) is 415 Å². The molecule has 18 atom stereocenters. The number of anilines is 3. The van der Waals surface area contributed by atoms with Gasteiger partial charge in [-0.25, -0.2) is 57.1 Å². The zero-order valence-electron chi connectivity index (χ0n) is 96.0. The molecule has 582 valence electrons. The van der Waals surface area contributed by atoms with Crippen LogP contribution in [0.15, 0.2) is 70.1 Å². The molecule has 0 amide bonds. The van der Waals surface area contributed by atoms with Crippen molar-refractivity contribution in [3.05, 3.63) is 105 Å². The predicted molar refractivity (Wildman–Crippen MR) is 398 cm³/mol. The lowest BCUT2D eigenvalue weighted by Crippen LogP contribution is -2.33. The average Bonchev–Trinajstić information content (AvgIpc) is 1.48. The number of rotatable bonds is 30. The number of thioether (sulfide) groups is 3. The molecule has 3 aromatic carbocycles. The molecule has 0 unspecified atom stereocenters. The molecule has 0 saturated heterocycles. The molecule has 6 heterocycles. The number of ether oxygens (including phenoxy) is 3. The number of fused-ring (bicyclic) bond motifs is 3. The summed E-state index contributed by atoms with van der Waals surface area (Å²) in [6.45, 7) is -6.47. The van der Waals surface area contributed by atoms with Crippen molar-refractivity contribution >= 4 is 86.2 Å². The molecule has 36 heteroatoms. The quantitative estimate of drug-likeness (QED) is 0.0168. The second kappa shape index (κ2) is 35.1. The van der Waals surface area contributed by atoms with Gasteiger partial charge in [0.1, 0.15) is 53.9 Å². The fourth-order valence-corrected chi connectivity index (χ4v) is 12.0. The Morgan fingerprint density at radius 1 is 0.509 bits per heavy atom. The second-order valence-corrected chi connectivity index (χ2v) is 25.9. The van der Waals surface area contributed by atoms with Gasteiger partial charge in [0.05, 0.1) is 103 Å². The molecule has 15 rings (SSSR count). The zero-order chi connectivity index (χ0) is 112. The van der Waals surface area contributed by atoms with Crippen molar-refractivity contribution in [2.45, 2.75) is 223 Å². The molecule has 0 aliphatic heterocycles. The Kier molecular flexibility index (Phi) is 14.2. The highest BCUT2D eigenvalue weighted by Crippen LogP contribution is 2.48. The number of benzene rings is 3. The van der Waals surface area contributed by atoms with E-state index in [1.807, 2.05) is 6.92 Å². The first-order chi connectivity index (χ1) is 66.3. The molecule has 0 bridgehead atoms. The van der Waals surface area contributed by atoms with Crippen molar-refractivity contribution in [1.29, 1.82) is 0 Å². The number of nitrogens with one attached hydrogen (secondary N) is 3. The maximum Gasteiger partial charge on any atom is 0.191 e. The van der Waals surface area contributed by atoms with Crippen LogP contribution in [-0.2, 0) is 14.2 Å². The van der Waals surface area contributed by atoms with Gasteiger partial charge in [-0.2, -0.15) is 0 Å². The normalized spacial score (nSPS) is 46.4. The van der Waals surface area contributed by atoms with E-state index in [2.05, 4.69) is 86.3 Å². The summed E-state index contributed by atoms with van der Waals surface area (Å²) in [5.74, 6) is -6.63. The standard InChI is InChI=1S/3C24H31FN6O4S/c3*1-3-8-36-24-27-22(26-16-10-14(16)13-5-4-12(2)15(25)9-13)19-23(28-24)31(30-29-19)17-11-18(35-7-6-32)21(34)20(17)33/h3*4-5,9,14,16-18,20-21,32-34H,3,6-8,10-11H2,1-2H3,(H,26,27,28)/t3*14-,16+,17+,18-,20-,21+/m000/s1/i3D2,6D2,7D2,8D2,10D2,11D2,16D,17D,18D,20D,21D;3D2,7D2,8D2,10D2,11D2,16D,17D,18D,20D,21D;11D2,14D,17D,18D,20D,21D. The van der Waals surface area contributed by atoms with Crippen LogP contribution in [0.3, 0.4) is 0 Å². The van der Waals surface area contributed by atoms with Crippen LogP contribution in [0.2, 0.25) is 0 Å². The number of halogens is 3.